The monoisotopic (exact) mass is 343 g/mol. The van der Waals surface area contributed by atoms with Crippen molar-refractivity contribution in [1.29, 1.82) is 5.26 Å². The molecule has 0 unspecified atom stereocenters. The van der Waals surface area contributed by atoms with Gasteiger partial charge in [-0.1, -0.05) is 12.1 Å². The van der Waals surface area contributed by atoms with E-state index >= 15 is 0 Å². The Bertz CT molecular complexity index is 1100. The molecular formula is C20H17N5O. The van der Waals surface area contributed by atoms with Gasteiger partial charge in [-0.3, -0.25) is 9.48 Å². The van der Waals surface area contributed by atoms with Crippen molar-refractivity contribution in [1.82, 2.24) is 14.8 Å². The van der Waals surface area contributed by atoms with Crippen LogP contribution in [0.5, 0.6) is 0 Å². The number of nitriles is 1. The summed E-state index contributed by atoms with van der Waals surface area (Å²) in [6.07, 6.45) is 8.21. The maximum Gasteiger partial charge on any atom is 0.260 e. The Hall–Kier alpha value is -3.20. The van der Waals surface area contributed by atoms with E-state index in [0.29, 0.717) is 11.4 Å². The van der Waals surface area contributed by atoms with Crippen LogP contribution in [-0.4, -0.2) is 20.7 Å². The molecule has 0 saturated heterocycles. The summed E-state index contributed by atoms with van der Waals surface area (Å²) < 4.78 is 1.58. The van der Waals surface area contributed by atoms with Gasteiger partial charge in [0.1, 0.15) is 5.82 Å². The summed E-state index contributed by atoms with van der Waals surface area (Å²) in [5, 5.41) is 18.5. The highest BCUT2D eigenvalue weighted by molar-refractivity contribution is 6.04. The minimum atomic E-state index is -0.316. The molecule has 1 amide bonds. The minimum absolute atomic E-state index is 0.236. The zero-order chi connectivity index (χ0) is 17.9. The van der Waals surface area contributed by atoms with E-state index in [2.05, 4.69) is 27.5 Å². The molecule has 0 radical (unpaired) electrons. The molecule has 1 N–H and O–H groups in total. The lowest BCUT2D eigenvalue weighted by molar-refractivity contribution is 0.102. The number of amides is 1. The van der Waals surface area contributed by atoms with Crippen molar-refractivity contribution >= 4 is 22.5 Å². The summed E-state index contributed by atoms with van der Waals surface area (Å²) in [4.78, 5) is 16.6. The van der Waals surface area contributed by atoms with Gasteiger partial charge in [-0.05, 0) is 47.8 Å². The second-order valence-electron chi connectivity index (χ2n) is 7.46. The molecule has 1 atom stereocenters. The molecule has 128 valence electrons. The molecule has 6 nitrogen and oxygen atoms in total. The van der Waals surface area contributed by atoms with Gasteiger partial charge in [0.15, 0.2) is 0 Å². The van der Waals surface area contributed by atoms with Crippen LogP contribution in [0, 0.1) is 16.7 Å². The number of benzene rings is 1. The van der Waals surface area contributed by atoms with Crippen molar-refractivity contribution in [2.45, 2.75) is 24.7 Å². The molecule has 2 aliphatic rings. The van der Waals surface area contributed by atoms with Crippen LogP contribution in [0.1, 0.15) is 35.2 Å². The van der Waals surface area contributed by atoms with E-state index in [0.717, 1.165) is 35.6 Å². The first-order valence-corrected chi connectivity index (χ1v) is 8.67. The summed E-state index contributed by atoms with van der Waals surface area (Å²) in [6, 6.07) is 10.6. The highest BCUT2D eigenvalue weighted by atomic mass is 16.1. The molecule has 1 spiro atoms. The fourth-order valence-corrected chi connectivity index (χ4v) is 4.05. The lowest BCUT2D eigenvalue weighted by atomic mass is 9.92. The molecule has 6 heteroatoms. The quantitative estimate of drug-likeness (QED) is 0.792. The molecule has 3 aromatic rings. The van der Waals surface area contributed by atoms with E-state index < -0.39 is 0 Å². The van der Waals surface area contributed by atoms with Crippen molar-refractivity contribution in [3.63, 3.8) is 0 Å². The average Bonchev–Trinajstić information content (AvgIpc) is 3.52. The Morgan fingerprint density at radius 2 is 2.12 bits per heavy atom. The molecule has 5 rings (SSSR count). The fourth-order valence-electron chi connectivity index (χ4n) is 4.05. The standard InChI is InChI=1S/C20H17N5O/c1-25-10-15(9-23-25)18(26)24-17-7-14-6-16(3-2-13(14)8-22-17)20(12-21)11-19(20)4-5-19/h2-3,6-10H,4-5,11H2,1H3,(H,22,24,26)/t20-/m0/s1. The number of fused-ring (bicyclic) bond motifs is 1. The van der Waals surface area contributed by atoms with E-state index in [9.17, 15) is 10.1 Å². The Labute approximate surface area is 150 Å². The number of aryl methyl sites for hydroxylation is 1. The highest BCUT2D eigenvalue weighted by Gasteiger charge is 2.75. The van der Waals surface area contributed by atoms with Crippen molar-refractivity contribution in [2.24, 2.45) is 12.5 Å². The Balaban J connectivity index is 1.47. The SMILES string of the molecule is Cn1cc(C(=O)Nc2cc3cc([C@@]4(C#N)CC45CC5)ccc3cn2)cn1. The van der Waals surface area contributed by atoms with E-state index in [1.807, 2.05) is 18.2 Å². The number of pyridine rings is 1. The first-order valence-electron chi connectivity index (χ1n) is 8.67. The third kappa shape index (κ3) is 2.07. The van der Waals surface area contributed by atoms with E-state index in [4.69, 9.17) is 0 Å². The molecule has 2 aromatic heterocycles. The summed E-state index contributed by atoms with van der Waals surface area (Å²) in [6.45, 7) is 0. The summed E-state index contributed by atoms with van der Waals surface area (Å²) >= 11 is 0. The van der Waals surface area contributed by atoms with Gasteiger partial charge >= 0.3 is 0 Å². The van der Waals surface area contributed by atoms with E-state index in [1.54, 1.807) is 24.1 Å². The molecule has 26 heavy (non-hydrogen) atoms. The number of rotatable bonds is 3. The molecule has 2 saturated carbocycles. The number of nitrogens with one attached hydrogen (secondary N) is 1. The zero-order valence-electron chi connectivity index (χ0n) is 14.4. The number of carbonyl (C=O) groups excluding carboxylic acids is 1. The van der Waals surface area contributed by atoms with Gasteiger partial charge in [-0.2, -0.15) is 10.4 Å². The van der Waals surface area contributed by atoms with Gasteiger partial charge in [-0.25, -0.2) is 4.98 Å². The predicted octanol–water partition coefficient (Wildman–Crippen LogP) is 3.17. The van der Waals surface area contributed by atoms with Crippen molar-refractivity contribution in [2.75, 3.05) is 5.32 Å². The third-order valence-corrected chi connectivity index (χ3v) is 5.85. The number of hydrogen-bond acceptors (Lipinski definition) is 4. The number of anilines is 1. The van der Waals surface area contributed by atoms with E-state index in [1.165, 1.54) is 6.20 Å². The van der Waals surface area contributed by atoms with Crippen LogP contribution < -0.4 is 5.32 Å². The summed E-state index contributed by atoms with van der Waals surface area (Å²) in [5.41, 5.74) is 1.49. The minimum Gasteiger partial charge on any atom is -0.306 e. The smallest absolute Gasteiger partial charge is 0.260 e. The first kappa shape index (κ1) is 15.1. The normalized spacial score (nSPS) is 22.2. The van der Waals surface area contributed by atoms with Crippen molar-refractivity contribution in [3.05, 3.63) is 54.0 Å². The molecular weight excluding hydrogens is 326 g/mol. The lowest BCUT2D eigenvalue weighted by Gasteiger charge is -2.11. The Kier molecular flexibility index (Phi) is 2.85. The lowest BCUT2D eigenvalue weighted by Crippen LogP contribution is -2.12. The first-order chi connectivity index (χ1) is 12.6. The zero-order valence-corrected chi connectivity index (χ0v) is 14.4. The number of carbonyl (C=O) groups is 1. The van der Waals surface area contributed by atoms with Gasteiger partial charge in [0.25, 0.3) is 5.91 Å². The van der Waals surface area contributed by atoms with Crippen LogP contribution in [0.2, 0.25) is 0 Å². The largest absolute Gasteiger partial charge is 0.306 e. The molecule has 0 aliphatic heterocycles. The van der Waals surface area contributed by atoms with Gasteiger partial charge < -0.3 is 5.32 Å². The van der Waals surface area contributed by atoms with E-state index in [-0.39, 0.29) is 16.7 Å². The second kappa shape index (κ2) is 4.92. The van der Waals surface area contributed by atoms with Gasteiger partial charge in [0.2, 0.25) is 0 Å². The topological polar surface area (TPSA) is 83.6 Å². The molecule has 2 fully saturated rings. The second-order valence-corrected chi connectivity index (χ2v) is 7.46. The average molecular weight is 343 g/mol. The van der Waals surface area contributed by atoms with Crippen LogP contribution in [0.15, 0.2) is 42.9 Å². The molecule has 0 bridgehead atoms. The molecule has 1 aromatic carbocycles. The molecule has 2 heterocycles. The van der Waals surface area contributed by atoms with Gasteiger partial charge in [0.05, 0.1) is 23.2 Å². The van der Waals surface area contributed by atoms with Crippen LogP contribution in [0.3, 0.4) is 0 Å². The van der Waals surface area contributed by atoms with Gasteiger partial charge in [0, 0.05) is 24.8 Å². The van der Waals surface area contributed by atoms with Gasteiger partial charge in [-0.15, -0.1) is 0 Å². The van der Waals surface area contributed by atoms with Crippen LogP contribution >= 0.6 is 0 Å². The summed E-state index contributed by atoms with van der Waals surface area (Å²) in [5.74, 6) is 0.250. The summed E-state index contributed by atoms with van der Waals surface area (Å²) in [7, 11) is 1.77. The predicted molar refractivity (Wildman–Crippen MR) is 96.5 cm³/mol. The van der Waals surface area contributed by atoms with Crippen molar-refractivity contribution < 1.29 is 4.79 Å². The fraction of sp³-hybridized carbons (Fsp3) is 0.300. The number of hydrogen-bond donors (Lipinski definition) is 1. The van der Waals surface area contributed by atoms with Crippen LogP contribution in [0.25, 0.3) is 10.8 Å². The number of nitrogens with zero attached hydrogens (tertiary/aromatic N) is 4. The van der Waals surface area contributed by atoms with Crippen LogP contribution in [-0.2, 0) is 12.5 Å². The van der Waals surface area contributed by atoms with Crippen molar-refractivity contribution in [3.8, 4) is 6.07 Å². The maximum absolute atomic E-state index is 12.3. The Morgan fingerprint density at radius 1 is 1.27 bits per heavy atom. The van der Waals surface area contributed by atoms with Crippen LogP contribution in [0.4, 0.5) is 5.82 Å². The third-order valence-electron chi connectivity index (χ3n) is 5.85. The Morgan fingerprint density at radius 3 is 2.77 bits per heavy atom. The maximum atomic E-state index is 12.3. The number of aromatic nitrogens is 3. The highest BCUT2D eigenvalue weighted by Crippen LogP contribution is 2.78. The molecule has 2 aliphatic carbocycles.